The molecule has 2 aromatic carbocycles. The number of ether oxygens (including phenoxy) is 1. The van der Waals surface area contributed by atoms with Gasteiger partial charge in [-0.2, -0.15) is 8.78 Å². The van der Waals surface area contributed by atoms with E-state index in [0.29, 0.717) is 23.2 Å². The molecule has 6 rings (SSSR count). The summed E-state index contributed by atoms with van der Waals surface area (Å²) >= 11 is 0. The van der Waals surface area contributed by atoms with E-state index in [1.54, 1.807) is 17.0 Å². The van der Waals surface area contributed by atoms with Crippen LogP contribution in [0.1, 0.15) is 60.6 Å². The smallest absolute Gasteiger partial charge is 0.415 e. The number of alkyl halides is 2. The van der Waals surface area contributed by atoms with Crippen molar-refractivity contribution >= 4 is 5.69 Å². The van der Waals surface area contributed by atoms with Crippen LogP contribution in [0.25, 0.3) is 11.1 Å². The summed E-state index contributed by atoms with van der Waals surface area (Å²) in [5.41, 5.74) is 7.05. The molecule has 3 aliphatic rings. The molecule has 0 saturated heterocycles. The number of nitrogens with one attached hydrogen (secondary N) is 1. The highest BCUT2D eigenvalue weighted by Crippen LogP contribution is 2.52. The SMILES string of the molecule is CC(C)N1CC(F)(F)Oc2c(C3CC3)cc(-c3cc(Cc4ccc5c(c4)CCNC5)ncc3F)cc21. The van der Waals surface area contributed by atoms with E-state index >= 15 is 4.39 Å². The fraction of sp³-hybridized carbons (Fsp3) is 0.414. The van der Waals surface area contributed by atoms with Crippen LogP contribution in [0, 0.1) is 5.82 Å². The van der Waals surface area contributed by atoms with Crippen LogP contribution in [0.4, 0.5) is 18.9 Å². The Morgan fingerprint density at radius 1 is 1.14 bits per heavy atom. The highest BCUT2D eigenvalue weighted by Gasteiger charge is 2.44. The molecule has 0 bridgehead atoms. The minimum absolute atomic E-state index is 0.155. The predicted molar refractivity (Wildman–Crippen MR) is 134 cm³/mol. The molecular formula is C29H30F3N3O. The molecule has 1 fully saturated rings. The summed E-state index contributed by atoms with van der Waals surface area (Å²) < 4.78 is 49.3. The van der Waals surface area contributed by atoms with Crippen LogP contribution in [-0.2, 0) is 19.4 Å². The topological polar surface area (TPSA) is 37.4 Å². The summed E-state index contributed by atoms with van der Waals surface area (Å²) in [5, 5.41) is 3.39. The zero-order valence-corrected chi connectivity index (χ0v) is 20.6. The second kappa shape index (κ2) is 8.80. The normalized spacial score (nSPS) is 18.6. The average Bonchev–Trinajstić information content (AvgIpc) is 3.69. The largest absolute Gasteiger partial charge is 0.429 e. The monoisotopic (exact) mass is 493 g/mol. The molecule has 0 unspecified atom stereocenters. The summed E-state index contributed by atoms with van der Waals surface area (Å²) in [6, 6.07) is 11.8. The highest BCUT2D eigenvalue weighted by molar-refractivity contribution is 5.77. The molecule has 3 aromatic rings. The molecule has 2 aliphatic heterocycles. The first kappa shape index (κ1) is 23.3. The Morgan fingerprint density at radius 2 is 1.97 bits per heavy atom. The molecule has 1 aromatic heterocycles. The van der Waals surface area contributed by atoms with Gasteiger partial charge in [-0.3, -0.25) is 4.98 Å². The maximum absolute atomic E-state index is 15.1. The maximum atomic E-state index is 15.1. The van der Waals surface area contributed by atoms with E-state index in [1.165, 1.54) is 17.3 Å². The maximum Gasteiger partial charge on any atom is 0.415 e. The van der Waals surface area contributed by atoms with Crippen LogP contribution in [0.2, 0.25) is 0 Å². The summed E-state index contributed by atoms with van der Waals surface area (Å²) in [6.07, 6.45) is 1.45. The van der Waals surface area contributed by atoms with E-state index in [1.807, 2.05) is 19.9 Å². The van der Waals surface area contributed by atoms with Crippen LogP contribution in [0.15, 0.2) is 42.6 Å². The lowest BCUT2D eigenvalue weighted by atomic mass is 9.95. The Bertz CT molecular complexity index is 1320. The van der Waals surface area contributed by atoms with Gasteiger partial charge in [-0.15, -0.1) is 0 Å². The van der Waals surface area contributed by atoms with Crippen LogP contribution in [-0.4, -0.2) is 30.2 Å². The van der Waals surface area contributed by atoms with Crippen LogP contribution >= 0.6 is 0 Å². The Labute approximate surface area is 209 Å². The van der Waals surface area contributed by atoms with Crippen molar-refractivity contribution in [2.75, 3.05) is 18.0 Å². The van der Waals surface area contributed by atoms with Gasteiger partial charge in [0.05, 0.1) is 11.9 Å². The predicted octanol–water partition coefficient (Wildman–Crippen LogP) is 6.20. The number of aromatic nitrogens is 1. The van der Waals surface area contributed by atoms with Gasteiger partial charge in [0, 0.05) is 35.8 Å². The molecule has 3 heterocycles. The van der Waals surface area contributed by atoms with E-state index in [-0.39, 0.29) is 17.7 Å². The van der Waals surface area contributed by atoms with Gasteiger partial charge in [-0.05, 0) is 86.0 Å². The number of nitrogens with zero attached hydrogens (tertiary/aromatic N) is 2. The summed E-state index contributed by atoms with van der Waals surface area (Å²) in [5.74, 6) is -0.0180. The molecule has 7 heteroatoms. The molecule has 1 aliphatic carbocycles. The number of halogens is 3. The van der Waals surface area contributed by atoms with Crippen molar-refractivity contribution in [3.8, 4) is 16.9 Å². The van der Waals surface area contributed by atoms with E-state index < -0.39 is 18.5 Å². The van der Waals surface area contributed by atoms with E-state index in [4.69, 9.17) is 4.74 Å². The first-order valence-corrected chi connectivity index (χ1v) is 12.7. The Morgan fingerprint density at radius 3 is 2.75 bits per heavy atom. The minimum Gasteiger partial charge on any atom is -0.429 e. The highest BCUT2D eigenvalue weighted by atomic mass is 19.3. The zero-order chi connectivity index (χ0) is 25.0. The zero-order valence-electron chi connectivity index (χ0n) is 20.6. The number of rotatable bonds is 5. The lowest BCUT2D eigenvalue weighted by Gasteiger charge is -2.39. The number of anilines is 1. The number of hydrogen-bond donors (Lipinski definition) is 1. The molecule has 1 N–H and O–H groups in total. The van der Waals surface area contributed by atoms with E-state index in [9.17, 15) is 8.78 Å². The van der Waals surface area contributed by atoms with Crippen LogP contribution < -0.4 is 15.0 Å². The van der Waals surface area contributed by atoms with Gasteiger partial charge in [-0.1, -0.05) is 18.2 Å². The quantitative estimate of drug-likeness (QED) is 0.459. The number of pyridine rings is 1. The Kier molecular flexibility index (Phi) is 5.71. The lowest BCUT2D eigenvalue weighted by Crippen LogP contribution is -2.48. The van der Waals surface area contributed by atoms with Crippen molar-refractivity contribution in [3.05, 3.63) is 76.4 Å². The molecule has 1 saturated carbocycles. The number of hydrogen-bond acceptors (Lipinski definition) is 4. The summed E-state index contributed by atoms with van der Waals surface area (Å²) in [4.78, 5) is 6.03. The van der Waals surface area contributed by atoms with Gasteiger partial charge in [0.25, 0.3) is 0 Å². The van der Waals surface area contributed by atoms with Crippen molar-refractivity contribution in [1.82, 2.24) is 10.3 Å². The van der Waals surface area contributed by atoms with Crippen molar-refractivity contribution in [3.63, 3.8) is 0 Å². The molecule has 36 heavy (non-hydrogen) atoms. The van der Waals surface area contributed by atoms with Gasteiger partial charge in [0.15, 0.2) is 5.75 Å². The second-order valence-corrected chi connectivity index (χ2v) is 10.5. The minimum atomic E-state index is -3.26. The number of benzene rings is 2. The van der Waals surface area contributed by atoms with E-state index in [0.717, 1.165) is 49.2 Å². The van der Waals surface area contributed by atoms with Gasteiger partial charge < -0.3 is 15.0 Å². The molecule has 0 amide bonds. The van der Waals surface area contributed by atoms with Crippen LogP contribution in [0.3, 0.4) is 0 Å². The van der Waals surface area contributed by atoms with Gasteiger partial charge in [0.2, 0.25) is 0 Å². The first-order valence-electron chi connectivity index (χ1n) is 12.7. The fourth-order valence-electron chi connectivity index (χ4n) is 5.39. The average molecular weight is 494 g/mol. The molecule has 0 spiro atoms. The Balaban J connectivity index is 1.39. The standard InChI is InChI=1S/C29H30F3N3O/c1-17(2)35-16-29(31,32)36-28-25(19-5-6-19)11-22(12-27(28)35)24-13-23(34-15-26(24)30)10-18-3-4-21-14-33-8-7-20(21)9-18/h3-4,9,11-13,15,17,19,33H,5-8,10,14,16H2,1-2H3. The number of fused-ring (bicyclic) bond motifs is 2. The molecule has 4 nitrogen and oxygen atoms in total. The van der Waals surface area contributed by atoms with Crippen LogP contribution in [0.5, 0.6) is 5.75 Å². The lowest BCUT2D eigenvalue weighted by molar-refractivity contribution is -0.173. The van der Waals surface area contributed by atoms with Crippen molar-refractivity contribution in [2.24, 2.45) is 0 Å². The molecule has 0 atom stereocenters. The van der Waals surface area contributed by atoms with Gasteiger partial charge in [-0.25, -0.2) is 4.39 Å². The second-order valence-electron chi connectivity index (χ2n) is 10.5. The van der Waals surface area contributed by atoms with Crippen molar-refractivity contribution < 1.29 is 17.9 Å². The third-order valence-corrected chi connectivity index (χ3v) is 7.42. The third kappa shape index (κ3) is 4.45. The van der Waals surface area contributed by atoms with E-state index in [2.05, 4.69) is 28.5 Å². The Hall–Kier alpha value is -3.06. The summed E-state index contributed by atoms with van der Waals surface area (Å²) in [7, 11) is 0. The summed E-state index contributed by atoms with van der Waals surface area (Å²) in [6.45, 7) is 5.10. The van der Waals surface area contributed by atoms with Crippen molar-refractivity contribution in [1.29, 1.82) is 0 Å². The van der Waals surface area contributed by atoms with Gasteiger partial charge in [0.1, 0.15) is 12.4 Å². The molecule has 188 valence electrons. The molecule has 0 radical (unpaired) electrons. The van der Waals surface area contributed by atoms with Crippen molar-refractivity contribution in [2.45, 2.75) is 64.1 Å². The third-order valence-electron chi connectivity index (χ3n) is 7.42. The molecular weight excluding hydrogens is 463 g/mol. The fourth-order valence-corrected chi connectivity index (χ4v) is 5.39. The first-order chi connectivity index (χ1) is 17.3. The van der Waals surface area contributed by atoms with Gasteiger partial charge >= 0.3 is 6.11 Å².